The van der Waals surface area contributed by atoms with Gasteiger partial charge in [-0.05, 0) is 189 Å². The van der Waals surface area contributed by atoms with Gasteiger partial charge in [0.1, 0.15) is 51.3 Å². The van der Waals surface area contributed by atoms with Crippen LogP contribution in [0.1, 0.15) is 126 Å². The van der Waals surface area contributed by atoms with E-state index in [9.17, 15) is 29.7 Å². The van der Waals surface area contributed by atoms with Crippen molar-refractivity contribution in [1.29, 1.82) is 0 Å². The molecule has 3 N–H and O–H groups in total. The third kappa shape index (κ3) is 16.5. The minimum absolute atomic E-state index is 0.125. The summed E-state index contributed by atoms with van der Waals surface area (Å²) in [6.45, 7) is 16.3. The average molecular weight is 995 g/mol. The molecule has 12 nitrogen and oxygen atoms in total. The van der Waals surface area contributed by atoms with Gasteiger partial charge < -0.3 is 43.7 Å². The molecular weight excluding hydrogens is 925 g/mol. The SMILES string of the molecule is CCC(C)(C)OC(=O)COc1ccc(Cc2cc(-c3cc(Cc4ccc(OCC(=O)OC(C)(C)CC)cc4)c(O)c(Cc4ccc(OCC(=O)OC(C)(C)CC)cc4)c3)cc(Cc3ccc(O)cc3)c2O)cc1. The Morgan fingerprint density at radius 1 is 0.384 bits per heavy atom. The van der Waals surface area contributed by atoms with Gasteiger partial charge in [-0.2, -0.15) is 0 Å². The fourth-order valence-corrected chi connectivity index (χ4v) is 7.65. The van der Waals surface area contributed by atoms with Crippen molar-refractivity contribution in [1.82, 2.24) is 0 Å². The van der Waals surface area contributed by atoms with Crippen LogP contribution in [0.3, 0.4) is 0 Å². The summed E-state index contributed by atoms with van der Waals surface area (Å²) in [6.07, 6.45) is 3.44. The summed E-state index contributed by atoms with van der Waals surface area (Å²) in [6, 6.07) is 36.8. The number of hydrogen-bond donors (Lipinski definition) is 3. The Balaban J connectivity index is 1.33. The summed E-state index contributed by atoms with van der Waals surface area (Å²) >= 11 is 0. The third-order valence-electron chi connectivity index (χ3n) is 12.9. The lowest BCUT2D eigenvalue weighted by molar-refractivity contribution is -0.160. The van der Waals surface area contributed by atoms with E-state index in [-0.39, 0.29) is 37.1 Å². The second-order valence-electron chi connectivity index (χ2n) is 20.2. The van der Waals surface area contributed by atoms with Crippen molar-refractivity contribution in [3.63, 3.8) is 0 Å². The summed E-state index contributed by atoms with van der Waals surface area (Å²) in [5.74, 6) is 0.526. The maximum atomic E-state index is 12.5. The zero-order valence-corrected chi connectivity index (χ0v) is 43.6. The molecule has 386 valence electrons. The molecule has 0 bridgehead atoms. The van der Waals surface area contributed by atoms with Crippen LogP contribution in [0.4, 0.5) is 0 Å². The second kappa shape index (κ2) is 24.3. The predicted molar refractivity (Wildman–Crippen MR) is 282 cm³/mol. The fraction of sp³-hybridized carbons (Fsp3) is 0.361. The van der Waals surface area contributed by atoms with E-state index in [0.717, 1.165) is 33.4 Å². The molecule has 6 aromatic carbocycles. The lowest BCUT2D eigenvalue weighted by atomic mass is 9.89. The van der Waals surface area contributed by atoms with Crippen molar-refractivity contribution in [2.45, 2.75) is 124 Å². The van der Waals surface area contributed by atoms with Gasteiger partial charge in [0.05, 0.1) is 0 Å². The van der Waals surface area contributed by atoms with Gasteiger partial charge in [-0.25, -0.2) is 14.4 Å². The molecule has 0 saturated carbocycles. The second-order valence-corrected chi connectivity index (χ2v) is 20.2. The number of rotatable bonds is 24. The first-order valence-corrected chi connectivity index (χ1v) is 24.9. The quantitative estimate of drug-likeness (QED) is 0.0388. The summed E-state index contributed by atoms with van der Waals surface area (Å²) < 4.78 is 33.9. The Morgan fingerprint density at radius 2 is 0.616 bits per heavy atom. The van der Waals surface area contributed by atoms with Gasteiger partial charge in [0.25, 0.3) is 0 Å². The van der Waals surface area contributed by atoms with E-state index in [1.54, 1.807) is 48.5 Å². The summed E-state index contributed by atoms with van der Waals surface area (Å²) in [5, 5.41) is 34.1. The van der Waals surface area contributed by atoms with Gasteiger partial charge in [-0.1, -0.05) is 69.3 Å². The van der Waals surface area contributed by atoms with E-state index in [0.29, 0.717) is 84.4 Å². The van der Waals surface area contributed by atoms with Crippen molar-refractivity contribution in [2.75, 3.05) is 19.8 Å². The molecule has 0 atom stereocenters. The molecule has 0 fully saturated rings. The molecule has 0 unspecified atom stereocenters. The molecular formula is C61H70O12. The van der Waals surface area contributed by atoms with Crippen LogP contribution in [0.25, 0.3) is 11.1 Å². The highest BCUT2D eigenvalue weighted by molar-refractivity contribution is 5.73. The first-order valence-electron chi connectivity index (χ1n) is 24.9. The smallest absolute Gasteiger partial charge is 0.344 e. The number of ether oxygens (including phenoxy) is 6. The molecule has 0 aromatic heterocycles. The summed E-state index contributed by atoms with van der Waals surface area (Å²) in [5.41, 5.74) is 6.03. The number of benzene rings is 6. The van der Waals surface area contributed by atoms with E-state index < -0.39 is 34.7 Å². The van der Waals surface area contributed by atoms with Crippen LogP contribution >= 0.6 is 0 Å². The topological polar surface area (TPSA) is 167 Å². The Hall–Kier alpha value is -7.47. The molecule has 0 aliphatic heterocycles. The van der Waals surface area contributed by atoms with E-state index in [4.69, 9.17) is 28.4 Å². The molecule has 12 heteroatoms. The zero-order chi connectivity index (χ0) is 52.9. The van der Waals surface area contributed by atoms with Crippen LogP contribution < -0.4 is 14.2 Å². The first-order chi connectivity index (χ1) is 34.6. The maximum absolute atomic E-state index is 12.5. The monoisotopic (exact) mass is 994 g/mol. The van der Waals surface area contributed by atoms with Crippen LogP contribution in [0.15, 0.2) is 121 Å². The van der Waals surface area contributed by atoms with Crippen LogP contribution in [0.5, 0.6) is 34.5 Å². The number of aromatic hydroxyl groups is 3. The molecule has 0 amide bonds. The van der Waals surface area contributed by atoms with Crippen molar-refractivity contribution in [3.8, 4) is 45.6 Å². The van der Waals surface area contributed by atoms with E-state index in [2.05, 4.69) is 0 Å². The highest BCUT2D eigenvalue weighted by Crippen LogP contribution is 2.38. The predicted octanol–water partition coefficient (Wildman–Crippen LogP) is 12.2. The molecule has 6 aromatic rings. The van der Waals surface area contributed by atoms with E-state index in [1.807, 2.05) is 135 Å². The minimum Gasteiger partial charge on any atom is -0.508 e. The third-order valence-corrected chi connectivity index (χ3v) is 12.9. The van der Waals surface area contributed by atoms with Crippen LogP contribution in [-0.2, 0) is 54.3 Å². The van der Waals surface area contributed by atoms with Gasteiger partial charge in [0.2, 0.25) is 0 Å². The van der Waals surface area contributed by atoms with Gasteiger partial charge in [-0.15, -0.1) is 0 Å². The number of carbonyl (C=O) groups is 3. The molecule has 0 spiro atoms. The Morgan fingerprint density at radius 3 is 0.849 bits per heavy atom. The lowest BCUT2D eigenvalue weighted by Crippen LogP contribution is -2.29. The van der Waals surface area contributed by atoms with Crippen LogP contribution in [0, 0.1) is 0 Å². The number of phenolic OH excluding ortho intramolecular Hbond substituents is 3. The molecule has 0 radical (unpaired) electrons. The molecule has 0 aliphatic rings. The minimum atomic E-state index is -0.592. The van der Waals surface area contributed by atoms with Gasteiger partial charge in [0, 0.05) is 25.7 Å². The number of carbonyl (C=O) groups excluding carboxylic acids is 3. The van der Waals surface area contributed by atoms with Crippen molar-refractivity contribution in [3.05, 3.63) is 166 Å². The molecule has 0 heterocycles. The van der Waals surface area contributed by atoms with Crippen molar-refractivity contribution >= 4 is 17.9 Å². The highest BCUT2D eigenvalue weighted by atomic mass is 16.6. The van der Waals surface area contributed by atoms with Crippen molar-refractivity contribution < 1.29 is 58.1 Å². The van der Waals surface area contributed by atoms with Gasteiger partial charge in [0.15, 0.2) is 19.8 Å². The molecule has 6 rings (SSSR count). The van der Waals surface area contributed by atoms with Crippen LogP contribution in [0.2, 0.25) is 0 Å². The Labute approximate surface area is 429 Å². The Bertz CT molecular complexity index is 2710. The van der Waals surface area contributed by atoms with Gasteiger partial charge >= 0.3 is 17.9 Å². The largest absolute Gasteiger partial charge is 0.508 e. The number of hydrogen-bond acceptors (Lipinski definition) is 12. The van der Waals surface area contributed by atoms with E-state index in [1.165, 1.54) is 0 Å². The normalized spacial score (nSPS) is 11.7. The van der Waals surface area contributed by atoms with E-state index >= 15 is 0 Å². The molecule has 73 heavy (non-hydrogen) atoms. The zero-order valence-electron chi connectivity index (χ0n) is 43.6. The first kappa shape index (κ1) is 54.9. The Kier molecular flexibility index (Phi) is 18.3. The summed E-state index contributed by atoms with van der Waals surface area (Å²) in [4.78, 5) is 37.4. The lowest BCUT2D eigenvalue weighted by Gasteiger charge is -2.23. The fourth-order valence-electron chi connectivity index (χ4n) is 7.65. The number of phenols is 3. The van der Waals surface area contributed by atoms with Crippen molar-refractivity contribution in [2.24, 2.45) is 0 Å². The number of esters is 3. The standard InChI is InChI=1S/C61H70O12/c1-10-59(4,5)71-54(63)37-68-51-23-15-41(16-24-51)30-47-34-44(33-46(57(47)66)29-40-13-21-50(62)22-14-40)45-35-48(31-42-17-25-52(26-18-42)69-38-55(64)72-60(6,7)11-2)58(67)49(36-45)32-43-19-27-53(28-20-43)70-39-56(65)73-61(8,9)12-3/h13-28,33-36,62,66-67H,10-12,29-32,37-39H2,1-9H3. The maximum Gasteiger partial charge on any atom is 0.344 e. The average Bonchev–Trinajstić information content (AvgIpc) is 3.36. The van der Waals surface area contributed by atoms with Gasteiger partial charge in [-0.3, -0.25) is 0 Å². The molecule has 0 aliphatic carbocycles. The highest BCUT2D eigenvalue weighted by Gasteiger charge is 2.24. The summed E-state index contributed by atoms with van der Waals surface area (Å²) in [7, 11) is 0. The molecule has 0 saturated heterocycles. The van der Waals surface area contributed by atoms with Crippen LogP contribution in [-0.4, -0.2) is 69.9 Å².